The number of hydrogen-bond donors (Lipinski definition) is 2. The molecule has 1 unspecified atom stereocenters. The van der Waals surface area contributed by atoms with Crippen LogP contribution in [0.15, 0.2) is 79.1 Å². The van der Waals surface area contributed by atoms with Crippen LogP contribution in [-0.2, 0) is 24.3 Å². The topological polar surface area (TPSA) is 92.2 Å². The van der Waals surface area contributed by atoms with Crippen molar-refractivity contribution >= 4 is 11.9 Å². The molecule has 3 amide bonds. The van der Waals surface area contributed by atoms with Crippen molar-refractivity contribution in [3.05, 3.63) is 101 Å². The van der Waals surface area contributed by atoms with Crippen LogP contribution in [0.5, 0.6) is 0 Å². The Balaban J connectivity index is 1.27. The summed E-state index contributed by atoms with van der Waals surface area (Å²) in [5.41, 5.74) is 7.44. The molecule has 8 heteroatoms. The van der Waals surface area contributed by atoms with Crippen molar-refractivity contribution in [3.63, 3.8) is 0 Å². The number of urea groups is 1. The average Bonchev–Trinajstić information content (AvgIpc) is 3.59. The number of carbonyl (C=O) groups excluding carboxylic acids is 2. The van der Waals surface area contributed by atoms with E-state index in [0.29, 0.717) is 25.6 Å². The van der Waals surface area contributed by atoms with E-state index < -0.39 is 0 Å². The highest BCUT2D eigenvalue weighted by molar-refractivity contribution is 5.83. The lowest BCUT2D eigenvalue weighted by Crippen LogP contribution is -2.50. The molecule has 2 heterocycles. The number of nitrogens with one attached hydrogen (secondary N) is 2. The summed E-state index contributed by atoms with van der Waals surface area (Å²) in [6, 6.07) is 22.7. The second kappa shape index (κ2) is 10.8. The fourth-order valence-corrected chi connectivity index (χ4v) is 5.78. The van der Waals surface area contributed by atoms with E-state index in [0.717, 1.165) is 40.8 Å². The summed E-state index contributed by atoms with van der Waals surface area (Å²) < 4.78 is 1.75. The molecular formula is C33H36N6O2. The van der Waals surface area contributed by atoms with E-state index in [1.165, 1.54) is 11.1 Å². The molecule has 0 spiro atoms. The number of fused-ring (bicyclic) bond motifs is 1. The van der Waals surface area contributed by atoms with Crippen LogP contribution in [0.1, 0.15) is 55.4 Å². The summed E-state index contributed by atoms with van der Waals surface area (Å²) in [6.07, 6.45) is 5.11. The van der Waals surface area contributed by atoms with Crippen LogP contribution < -0.4 is 10.6 Å². The Kier molecular flexibility index (Phi) is 7.07. The van der Waals surface area contributed by atoms with Crippen LogP contribution >= 0.6 is 0 Å². The van der Waals surface area contributed by atoms with Gasteiger partial charge in [-0.25, -0.2) is 9.48 Å². The molecule has 1 saturated carbocycles. The van der Waals surface area contributed by atoms with Crippen molar-refractivity contribution in [2.75, 3.05) is 6.54 Å². The number of nitrogens with zero attached hydrogens (tertiary/aromatic N) is 4. The third-order valence-corrected chi connectivity index (χ3v) is 7.93. The average molecular weight is 549 g/mol. The van der Waals surface area contributed by atoms with Crippen LogP contribution in [0.3, 0.4) is 0 Å². The minimum absolute atomic E-state index is 0.0149. The van der Waals surface area contributed by atoms with Gasteiger partial charge in [0.15, 0.2) is 0 Å². The molecule has 1 fully saturated rings. The Morgan fingerprint density at radius 2 is 1.83 bits per heavy atom. The molecule has 0 saturated heterocycles. The molecule has 1 aliphatic carbocycles. The summed E-state index contributed by atoms with van der Waals surface area (Å²) in [7, 11) is 0. The van der Waals surface area contributed by atoms with Crippen LogP contribution in [0.25, 0.3) is 16.8 Å². The molecule has 1 aromatic heterocycles. The van der Waals surface area contributed by atoms with E-state index in [1.54, 1.807) is 10.9 Å². The maximum Gasteiger partial charge on any atom is 0.318 e. The number of benzene rings is 3. The first kappa shape index (κ1) is 26.7. The van der Waals surface area contributed by atoms with E-state index in [4.69, 9.17) is 0 Å². The maximum absolute atomic E-state index is 13.1. The minimum atomic E-state index is -0.322. The Morgan fingerprint density at radius 3 is 2.59 bits per heavy atom. The van der Waals surface area contributed by atoms with Gasteiger partial charge in [-0.15, -0.1) is 5.10 Å². The SMILES string of the molecule is CC(C)(C)NC(=O)N1CCc2c(-c3cccc(-n4ccnn4)c3)ccc(CNC(=O)C3C[C@@H]3c3ccccc3)c2C1. The first-order chi connectivity index (χ1) is 19.8. The summed E-state index contributed by atoms with van der Waals surface area (Å²) in [5, 5.41) is 14.4. The van der Waals surface area contributed by atoms with Crippen molar-refractivity contribution in [2.45, 2.75) is 58.2 Å². The quantitative estimate of drug-likeness (QED) is 0.346. The van der Waals surface area contributed by atoms with Crippen molar-refractivity contribution in [2.24, 2.45) is 5.92 Å². The Hall–Kier alpha value is -4.46. The molecule has 6 rings (SSSR count). The smallest absolute Gasteiger partial charge is 0.318 e. The Labute approximate surface area is 240 Å². The monoisotopic (exact) mass is 548 g/mol. The second-order valence-electron chi connectivity index (χ2n) is 12.1. The molecule has 3 aromatic carbocycles. The summed E-state index contributed by atoms with van der Waals surface area (Å²) >= 11 is 0. The lowest BCUT2D eigenvalue weighted by Gasteiger charge is -2.34. The van der Waals surface area contributed by atoms with Crippen molar-refractivity contribution in [1.82, 2.24) is 30.5 Å². The van der Waals surface area contributed by atoms with Crippen LogP contribution in [0.4, 0.5) is 4.79 Å². The van der Waals surface area contributed by atoms with Crippen molar-refractivity contribution in [1.29, 1.82) is 0 Å². The fraction of sp³-hybridized carbons (Fsp3) is 0.333. The van der Waals surface area contributed by atoms with E-state index in [2.05, 4.69) is 57.3 Å². The molecule has 0 radical (unpaired) electrons. The second-order valence-corrected chi connectivity index (χ2v) is 12.1. The number of rotatable bonds is 6. The van der Waals surface area contributed by atoms with Gasteiger partial charge in [0.2, 0.25) is 5.91 Å². The number of aromatic nitrogens is 3. The Bertz CT molecular complexity index is 1560. The highest BCUT2D eigenvalue weighted by Gasteiger charge is 2.43. The molecular weight excluding hydrogens is 512 g/mol. The van der Waals surface area contributed by atoms with Crippen LogP contribution in [-0.4, -0.2) is 43.9 Å². The van der Waals surface area contributed by atoms with E-state index in [1.807, 2.05) is 62.2 Å². The van der Waals surface area contributed by atoms with Crippen LogP contribution in [0, 0.1) is 5.92 Å². The van der Waals surface area contributed by atoms with E-state index in [-0.39, 0.29) is 23.4 Å². The molecule has 2 N–H and O–H groups in total. The third-order valence-electron chi connectivity index (χ3n) is 7.93. The van der Waals surface area contributed by atoms with E-state index in [9.17, 15) is 9.59 Å². The lowest BCUT2D eigenvalue weighted by molar-refractivity contribution is -0.122. The predicted molar refractivity (Wildman–Crippen MR) is 158 cm³/mol. The van der Waals surface area contributed by atoms with Gasteiger partial charge in [0.05, 0.1) is 18.1 Å². The highest BCUT2D eigenvalue weighted by atomic mass is 16.2. The zero-order valence-electron chi connectivity index (χ0n) is 23.8. The molecule has 210 valence electrons. The highest BCUT2D eigenvalue weighted by Crippen LogP contribution is 2.47. The third kappa shape index (κ3) is 5.87. The van der Waals surface area contributed by atoms with Gasteiger partial charge in [-0.3, -0.25) is 4.79 Å². The molecule has 41 heavy (non-hydrogen) atoms. The van der Waals surface area contributed by atoms with Gasteiger partial charge in [-0.05, 0) is 85.0 Å². The number of carbonyl (C=O) groups is 2. The summed E-state index contributed by atoms with van der Waals surface area (Å²) in [4.78, 5) is 28.1. The van der Waals surface area contributed by atoms with Crippen LogP contribution in [0.2, 0.25) is 0 Å². The van der Waals surface area contributed by atoms with Crippen molar-refractivity contribution < 1.29 is 9.59 Å². The molecule has 2 atom stereocenters. The Morgan fingerprint density at radius 1 is 1.00 bits per heavy atom. The summed E-state index contributed by atoms with van der Waals surface area (Å²) in [6.45, 7) is 7.53. The minimum Gasteiger partial charge on any atom is -0.352 e. The molecule has 0 bridgehead atoms. The first-order valence-electron chi connectivity index (χ1n) is 14.3. The van der Waals surface area contributed by atoms with E-state index >= 15 is 0 Å². The van der Waals surface area contributed by atoms with Gasteiger partial charge in [-0.1, -0.05) is 59.8 Å². The van der Waals surface area contributed by atoms with Gasteiger partial charge < -0.3 is 15.5 Å². The zero-order chi connectivity index (χ0) is 28.6. The first-order valence-corrected chi connectivity index (χ1v) is 14.3. The van der Waals surface area contributed by atoms with Gasteiger partial charge in [-0.2, -0.15) is 0 Å². The van der Waals surface area contributed by atoms with Gasteiger partial charge in [0, 0.05) is 31.1 Å². The lowest BCUT2D eigenvalue weighted by atomic mass is 9.87. The molecule has 4 aromatic rings. The molecule has 2 aliphatic rings. The van der Waals surface area contributed by atoms with Gasteiger partial charge >= 0.3 is 6.03 Å². The van der Waals surface area contributed by atoms with Gasteiger partial charge in [0.25, 0.3) is 0 Å². The van der Waals surface area contributed by atoms with Crippen molar-refractivity contribution in [3.8, 4) is 16.8 Å². The number of hydrogen-bond acceptors (Lipinski definition) is 4. The zero-order valence-corrected chi connectivity index (χ0v) is 23.8. The maximum atomic E-state index is 13.1. The van der Waals surface area contributed by atoms with Gasteiger partial charge in [0.1, 0.15) is 0 Å². The standard InChI is InChI=1S/C33H36N6O2/c1-33(2,3)36-32(41)38-16-14-27-26(23-10-7-11-25(18-23)39-17-15-35-37-39)13-12-24(30(27)21-38)20-34-31(40)29-19-28(29)22-8-5-4-6-9-22/h4-13,15,17-18,28-29H,14,16,19-21H2,1-3H3,(H,34,40)(H,36,41)/t28-,29?/m1/s1. The normalized spacial score (nSPS) is 18.0. The molecule has 8 nitrogen and oxygen atoms in total. The summed E-state index contributed by atoms with van der Waals surface area (Å²) in [5.74, 6) is 0.401. The molecule has 1 aliphatic heterocycles. The fourth-order valence-electron chi connectivity index (χ4n) is 5.78. The predicted octanol–water partition coefficient (Wildman–Crippen LogP) is 5.22. The number of amides is 3. The largest absolute Gasteiger partial charge is 0.352 e.